The molecule has 5 heteroatoms. The Morgan fingerprint density at radius 2 is 1.35 bits per heavy atom. The van der Waals surface area contributed by atoms with Gasteiger partial charge in [-0.3, -0.25) is 0 Å². The fourth-order valence-electron chi connectivity index (χ4n) is 4.18. The number of allylic oxidation sites excluding steroid dienone is 2. The van der Waals surface area contributed by atoms with Crippen LogP contribution in [-0.4, -0.2) is 59.6 Å². The first kappa shape index (κ1) is 28.6. The van der Waals surface area contributed by atoms with Gasteiger partial charge < -0.3 is 24.8 Å². The van der Waals surface area contributed by atoms with Gasteiger partial charge in [-0.15, -0.1) is 0 Å². The van der Waals surface area contributed by atoms with Gasteiger partial charge in [0.05, 0.1) is 13.2 Å². The number of aliphatic hydroxyl groups is 3. The highest BCUT2D eigenvalue weighted by molar-refractivity contribution is 4.89. The van der Waals surface area contributed by atoms with Gasteiger partial charge in [0.15, 0.2) is 0 Å². The van der Waals surface area contributed by atoms with Crippen molar-refractivity contribution in [2.24, 2.45) is 0 Å². The predicted octanol–water partition coefficient (Wildman–Crippen LogP) is 5.30. The van der Waals surface area contributed by atoms with E-state index in [1.165, 1.54) is 89.9 Å². The van der Waals surface area contributed by atoms with Crippen molar-refractivity contribution in [2.75, 3.05) is 19.8 Å². The lowest BCUT2D eigenvalue weighted by Gasteiger charge is -2.23. The second-order valence-electron chi connectivity index (χ2n) is 9.10. The first-order valence-electron chi connectivity index (χ1n) is 13.1. The van der Waals surface area contributed by atoms with Crippen LogP contribution in [0, 0.1) is 0 Å². The molecule has 1 aliphatic rings. The van der Waals surface area contributed by atoms with E-state index in [0.29, 0.717) is 6.61 Å². The van der Waals surface area contributed by atoms with Crippen LogP contribution in [-0.2, 0) is 9.47 Å². The van der Waals surface area contributed by atoms with E-state index in [-0.39, 0.29) is 13.2 Å². The van der Waals surface area contributed by atoms with Crippen molar-refractivity contribution in [3.63, 3.8) is 0 Å². The summed E-state index contributed by atoms with van der Waals surface area (Å²) in [6.45, 7) is 2.60. The van der Waals surface area contributed by atoms with E-state index in [0.717, 1.165) is 12.8 Å². The van der Waals surface area contributed by atoms with Gasteiger partial charge in [0, 0.05) is 6.61 Å². The lowest BCUT2D eigenvalue weighted by molar-refractivity contribution is -0.0938. The molecule has 0 spiro atoms. The van der Waals surface area contributed by atoms with Crippen molar-refractivity contribution in [3.8, 4) is 0 Å². The van der Waals surface area contributed by atoms with Crippen LogP contribution >= 0.6 is 0 Å². The fraction of sp³-hybridized carbons (Fsp3) is 0.923. The molecule has 1 heterocycles. The molecule has 0 aliphatic carbocycles. The largest absolute Gasteiger partial charge is 0.394 e. The standard InChI is InChI=1S/C26H50O5/c1-2-3-4-5-6-7-8-9-10-11-12-13-14-15-16-17-18-19-20-30-26-24(29)22-31-25(26)23(28)21-27/h11-12,23-29H,2-10,13-22H2,1H3/b12-11+/t23-,24+,25+,26+/m1/s1. The summed E-state index contributed by atoms with van der Waals surface area (Å²) in [6, 6.07) is 0. The summed E-state index contributed by atoms with van der Waals surface area (Å²) in [6.07, 6.45) is 22.5. The van der Waals surface area contributed by atoms with Gasteiger partial charge in [0.1, 0.15) is 24.4 Å². The number of hydrogen-bond acceptors (Lipinski definition) is 5. The van der Waals surface area contributed by atoms with Crippen LogP contribution in [0.4, 0.5) is 0 Å². The SMILES string of the molecule is CCCCCCCCCC/C=C/CCCCCCCCO[C@@H]1[C@H]([C@H](O)CO)OC[C@@H]1O. The molecule has 1 fully saturated rings. The highest BCUT2D eigenvalue weighted by Gasteiger charge is 2.40. The topological polar surface area (TPSA) is 79.2 Å². The van der Waals surface area contributed by atoms with Gasteiger partial charge in [-0.05, 0) is 32.1 Å². The monoisotopic (exact) mass is 442 g/mol. The van der Waals surface area contributed by atoms with E-state index in [2.05, 4.69) is 19.1 Å². The average Bonchev–Trinajstić information content (AvgIpc) is 3.15. The Hall–Kier alpha value is -0.460. The molecule has 4 atom stereocenters. The second kappa shape index (κ2) is 20.2. The molecular formula is C26H50O5. The fourth-order valence-corrected chi connectivity index (χ4v) is 4.18. The van der Waals surface area contributed by atoms with Gasteiger partial charge >= 0.3 is 0 Å². The third kappa shape index (κ3) is 14.3. The minimum atomic E-state index is -1.00. The number of unbranched alkanes of at least 4 members (excludes halogenated alkanes) is 14. The van der Waals surface area contributed by atoms with Crippen LogP contribution in [0.3, 0.4) is 0 Å². The molecule has 31 heavy (non-hydrogen) atoms. The van der Waals surface area contributed by atoms with Crippen molar-refractivity contribution in [1.29, 1.82) is 0 Å². The van der Waals surface area contributed by atoms with Crippen LogP contribution < -0.4 is 0 Å². The molecular weight excluding hydrogens is 392 g/mol. The lowest BCUT2D eigenvalue weighted by Crippen LogP contribution is -2.42. The van der Waals surface area contributed by atoms with Crippen LogP contribution in [0.1, 0.15) is 110 Å². The molecule has 0 unspecified atom stereocenters. The van der Waals surface area contributed by atoms with Gasteiger partial charge in [0.25, 0.3) is 0 Å². The zero-order valence-corrected chi connectivity index (χ0v) is 20.1. The van der Waals surface area contributed by atoms with Gasteiger partial charge in [-0.1, -0.05) is 89.7 Å². The van der Waals surface area contributed by atoms with Gasteiger partial charge in [-0.25, -0.2) is 0 Å². The van der Waals surface area contributed by atoms with E-state index in [1.807, 2.05) is 0 Å². The summed E-state index contributed by atoms with van der Waals surface area (Å²) < 4.78 is 11.1. The first-order chi connectivity index (χ1) is 15.2. The van der Waals surface area contributed by atoms with Gasteiger partial charge in [-0.2, -0.15) is 0 Å². The molecule has 0 saturated carbocycles. The van der Waals surface area contributed by atoms with Gasteiger partial charge in [0.2, 0.25) is 0 Å². The maximum atomic E-state index is 9.91. The highest BCUT2D eigenvalue weighted by Crippen LogP contribution is 2.21. The predicted molar refractivity (Wildman–Crippen MR) is 127 cm³/mol. The molecule has 1 rings (SSSR count). The zero-order chi connectivity index (χ0) is 22.6. The summed E-state index contributed by atoms with van der Waals surface area (Å²) in [4.78, 5) is 0. The van der Waals surface area contributed by atoms with Crippen LogP contribution in [0.5, 0.6) is 0 Å². The van der Waals surface area contributed by atoms with Crippen LogP contribution in [0.25, 0.3) is 0 Å². The van der Waals surface area contributed by atoms with E-state index in [1.54, 1.807) is 0 Å². The third-order valence-electron chi connectivity index (χ3n) is 6.20. The summed E-state index contributed by atoms with van der Waals surface area (Å²) in [5.41, 5.74) is 0. The van der Waals surface area contributed by atoms with E-state index >= 15 is 0 Å². The quantitative estimate of drug-likeness (QED) is 0.166. The molecule has 0 bridgehead atoms. The molecule has 0 radical (unpaired) electrons. The average molecular weight is 443 g/mol. The van der Waals surface area contributed by atoms with E-state index in [9.17, 15) is 10.2 Å². The van der Waals surface area contributed by atoms with E-state index in [4.69, 9.17) is 14.6 Å². The Morgan fingerprint density at radius 3 is 1.90 bits per heavy atom. The highest BCUT2D eigenvalue weighted by atomic mass is 16.6. The van der Waals surface area contributed by atoms with E-state index < -0.39 is 24.4 Å². The van der Waals surface area contributed by atoms with Crippen molar-refractivity contribution in [2.45, 2.75) is 134 Å². The molecule has 184 valence electrons. The smallest absolute Gasteiger partial charge is 0.114 e. The molecule has 1 aliphatic heterocycles. The molecule has 5 nitrogen and oxygen atoms in total. The van der Waals surface area contributed by atoms with Crippen molar-refractivity contribution in [1.82, 2.24) is 0 Å². The number of ether oxygens (including phenoxy) is 2. The molecule has 0 aromatic heterocycles. The lowest BCUT2D eigenvalue weighted by atomic mass is 10.1. The zero-order valence-electron chi connectivity index (χ0n) is 20.1. The minimum Gasteiger partial charge on any atom is -0.394 e. The minimum absolute atomic E-state index is 0.153. The van der Waals surface area contributed by atoms with Crippen molar-refractivity contribution < 1.29 is 24.8 Å². The van der Waals surface area contributed by atoms with Crippen LogP contribution in [0.2, 0.25) is 0 Å². The molecule has 0 amide bonds. The molecule has 1 saturated heterocycles. The first-order valence-corrected chi connectivity index (χ1v) is 13.1. The Labute approximate surface area is 191 Å². The summed E-state index contributed by atoms with van der Waals surface area (Å²) in [7, 11) is 0. The molecule has 0 aromatic rings. The number of hydrogen-bond donors (Lipinski definition) is 3. The third-order valence-corrected chi connectivity index (χ3v) is 6.20. The van der Waals surface area contributed by atoms with Crippen molar-refractivity contribution >= 4 is 0 Å². The Morgan fingerprint density at radius 1 is 0.839 bits per heavy atom. The maximum Gasteiger partial charge on any atom is 0.114 e. The second-order valence-corrected chi connectivity index (χ2v) is 9.10. The number of rotatable bonds is 21. The number of aliphatic hydroxyl groups excluding tert-OH is 3. The van der Waals surface area contributed by atoms with Crippen LogP contribution in [0.15, 0.2) is 12.2 Å². The molecule has 0 aromatic carbocycles. The summed E-state index contributed by atoms with van der Waals surface area (Å²) in [5, 5.41) is 28.7. The van der Waals surface area contributed by atoms with Crippen molar-refractivity contribution in [3.05, 3.63) is 12.2 Å². The summed E-state index contributed by atoms with van der Waals surface area (Å²) in [5.74, 6) is 0. The normalized spacial score (nSPS) is 22.5. The summed E-state index contributed by atoms with van der Waals surface area (Å²) >= 11 is 0. The Bertz CT molecular complexity index is 415. The maximum absolute atomic E-state index is 9.91. The molecule has 3 N–H and O–H groups in total. The Kier molecular flexibility index (Phi) is 18.6. The Balaban J connectivity index is 1.84.